The Morgan fingerprint density at radius 1 is 1.31 bits per heavy atom. The third kappa shape index (κ3) is 10.2. The molecule has 0 atom stereocenters. The summed E-state index contributed by atoms with van der Waals surface area (Å²) in [5.74, 6) is -1.43. The van der Waals surface area contributed by atoms with Crippen LogP contribution in [0.2, 0.25) is 0 Å². The van der Waals surface area contributed by atoms with Gasteiger partial charge in [0.05, 0.1) is 6.61 Å². The molecule has 16 heavy (non-hydrogen) atoms. The third-order valence-electron chi connectivity index (χ3n) is 1.68. The predicted molar refractivity (Wildman–Crippen MR) is 52.1 cm³/mol. The molecule has 8 heteroatoms. The number of nitrogens with zero attached hydrogens (tertiary/aromatic N) is 1. The highest BCUT2D eigenvalue weighted by Gasteiger charge is 2.03. The van der Waals surface area contributed by atoms with E-state index in [9.17, 15) is 19.7 Å². The second-order valence-corrected chi connectivity index (χ2v) is 3.04. The molecule has 0 spiro atoms. The van der Waals surface area contributed by atoms with E-state index < -0.39 is 11.1 Å². The molecular formula is C8H14N2O6. The maximum Gasteiger partial charge on any atom is 0.322 e. The summed E-state index contributed by atoms with van der Waals surface area (Å²) < 4.78 is 0. The normalized spacial score (nSPS) is 9.50. The molecule has 0 saturated heterocycles. The van der Waals surface area contributed by atoms with Crippen molar-refractivity contribution in [1.29, 1.82) is 0 Å². The Morgan fingerprint density at radius 2 is 2.00 bits per heavy atom. The Balaban J connectivity index is 3.27. The highest BCUT2D eigenvalue weighted by atomic mass is 16.9. The lowest BCUT2D eigenvalue weighted by Crippen LogP contribution is -2.28. The fraction of sp³-hybridized carbons (Fsp3) is 0.750. The van der Waals surface area contributed by atoms with Gasteiger partial charge in [-0.2, -0.15) is 0 Å². The van der Waals surface area contributed by atoms with Crippen molar-refractivity contribution in [3.05, 3.63) is 10.1 Å². The van der Waals surface area contributed by atoms with Gasteiger partial charge in [0.25, 0.3) is 5.09 Å². The van der Waals surface area contributed by atoms with Crippen molar-refractivity contribution in [3.63, 3.8) is 0 Å². The molecule has 92 valence electrons. The van der Waals surface area contributed by atoms with Gasteiger partial charge in [0, 0.05) is 6.42 Å². The molecule has 1 amide bonds. The molecule has 0 aromatic carbocycles. The number of unbranched alkanes of at least 4 members (excludes halogenated alkanes) is 2. The van der Waals surface area contributed by atoms with Gasteiger partial charge in [0.1, 0.15) is 6.54 Å². The number of carbonyl (C=O) groups is 2. The Labute approximate surface area is 91.7 Å². The topological polar surface area (TPSA) is 119 Å². The van der Waals surface area contributed by atoms with Gasteiger partial charge in [0.2, 0.25) is 5.91 Å². The molecule has 0 bridgehead atoms. The number of carboxylic acids is 1. The average molecular weight is 234 g/mol. The first-order chi connectivity index (χ1) is 7.52. The van der Waals surface area contributed by atoms with Gasteiger partial charge in [0.15, 0.2) is 0 Å². The Kier molecular flexibility index (Phi) is 7.47. The Hall–Kier alpha value is -1.86. The first kappa shape index (κ1) is 14.1. The molecule has 8 nitrogen and oxygen atoms in total. The van der Waals surface area contributed by atoms with E-state index in [0.29, 0.717) is 19.3 Å². The van der Waals surface area contributed by atoms with Crippen LogP contribution < -0.4 is 5.32 Å². The van der Waals surface area contributed by atoms with Crippen LogP contribution in [0.3, 0.4) is 0 Å². The molecule has 0 aromatic heterocycles. The first-order valence-electron chi connectivity index (χ1n) is 4.78. The predicted octanol–water partition coefficient (Wildman–Crippen LogP) is -0.0441. The van der Waals surface area contributed by atoms with Crippen molar-refractivity contribution in [3.8, 4) is 0 Å². The zero-order valence-electron chi connectivity index (χ0n) is 8.68. The van der Waals surface area contributed by atoms with Crippen molar-refractivity contribution in [2.24, 2.45) is 0 Å². The van der Waals surface area contributed by atoms with Crippen molar-refractivity contribution < 1.29 is 24.6 Å². The molecule has 0 heterocycles. The highest BCUT2D eigenvalue weighted by molar-refractivity contribution is 5.80. The SMILES string of the molecule is O=C(O)CNC(=O)CCCCCO[N+](=O)[O-]. The molecule has 2 N–H and O–H groups in total. The van der Waals surface area contributed by atoms with Crippen LogP contribution in [0.4, 0.5) is 0 Å². The minimum Gasteiger partial charge on any atom is -0.480 e. The van der Waals surface area contributed by atoms with Gasteiger partial charge in [-0.3, -0.25) is 9.59 Å². The molecule has 0 rings (SSSR count). The number of carbonyl (C=O) groups excluding carboxylic acids is 1. The summed E-state index contributed by atoms with van der Waals surface area (Å²) in [6.45, 7) is -0.368. The van der Waals surface area contributed by atoms with Gasteiger partial charge in [-0.25, -0.2) is 0 Å². The zero-order valence-corrected chi connectivity index (χ0v) is 8.68. The van der Waals surface area contributed by atoms with Crippen LogP contribution >= 0.6 is 0 Å². The fourth-order valence-electron chi connectivity index (χ4n) is 0.966. The molecule has 0 aliphatic carbocycles. The van der Waals surface area contributed by atoms with Crippen LogP contribution in [0.5, 0.6) is 0 Å². The van der Waals surface area contributed by atoms with E-state index in [0.717, 1.165) is 0 Å². The van der Waals surface area contributed by atoms with E-state index in [1.54, 1.807) is 0 Å². The van der Waals surface area contributed by atoms with Crippen LogP contribution in [0.15, 0.2) is 0 Å². The van der Waals surface area contributed by atoms with Crippen LogP contribution in [-0.4, -0.2) is 35.2 Å². The number of hydrogen-bond acceptors (Lipinski definition) is 5. The average Bonchev–Trinajstić information content (AvgIpc) is 2.19. The minimum atomic E-state index is -1.09. The van der Waals surface area contributed by atoms with Crippen LogP contribution in [-0.2, 0) is 14.4 Å². The van der Waals surface area contributed by atoms with Crippen molar-refractivity contribution >= 4 is 11.9 Å². The summed E-state index contributed by atoms with van der Waals surface area (Å²) in [6, 6.07) is 0. The van der Waals surface area contributed by atoms with Crippen LogP contribution in [0, 0.1) is 10.1 Å². The van der Waals surface area contributed by atoms with E-state index in [2.05, 4.69) is 10.2 Å². The van der Waals surface area contributed by atoms with Gasteiger partial charge in [-0.15, -0.1) is 10.1 Å². The van der Waals surface area contributed by atoms with Crippen LogP contribution in [0.1, 0.15) is 25.7 Å². The molecule has 0 aliphatic rings. The van der Waals surface area contributed by atoms with E-state index in [4.69, 9.17) is 5.11 Å². The fourth-order valence-corrected chi connectivity index (χ4v) is 0.966. The largest absolute Gasteiger partial charge is 0.480 e. The van der Waals surface area contributed by atoms with E-state index in [-0.39, 0.29) is 25.5 Å². The minimum absolute atomic E-state index is 0.0176. The lowest BCUT2D eigenvalue weighted by Gasteiger charge is -2.02. The Morgan fingerprint density at radius 3 is 2.56 bits per heavy atom. The molecular weight excluding hydrogens is 220 g/mol. The third-order valence-corrected chi connectivity index (χ3v) is 1.68. The second kappa shape index (κ2) is 8.45. The summed E-state index contributed by atoms with van der Waals surface area (Å²) in [5, 5.41) is 19.4. The molecule has 0 fully saturated rings. The van der Waals surface area contributed by atoms with Crippen molar-refractivity contribution in [2.45, 2.75) is 25.7 Å². The Bertz CT molecular complexity index is 255. The van der Waals surface area contributed by atoms with Crippen molar-refractivity contribution in [2.75, 3.05) is 13.2 Å². The van der Waals surface area contributed by atoms with Gasteiger partial charge in [-0.05, 0) is 12.8 Å². The number of nitrogens with one attached hydrogen (secondary N) is 1. The second-order valence-electron chi connectivity index (χ2n) is 3.04. The molecule has 0 aromatic rings. The van der Waals surface area contributed by atoms with E-state index >= 15 is 0 Å². The lowest BCUT2D eigenvalue weighted by atomic mass is 10.2. The van der Waals surface area contributed by atoms with E-state index in [1.807, 2.05) is 0 Å². The molecule has 0 unspecified atom stereocenters. The quantitative estimate of drug-likeness (QED) is 0.328. The van der Waals surface area contributed by atoms with Gasteiger partial charge in [-0.1, -0.05) is 6.42 Å². The maximum atomic E-state index is 11.0. The molecule has 0 aliphatic heterocycles. The summed E-state index contributed by atoms with van der Waals surface area (Å²) in [6.07, 6.45) is 1.87. The van der Waals surface area contributed by atoms with E-state index in [1.165, 1.54) is 0 Å². The summed E-state index contributed by atoms with van der Waals surface area (Å²) >= 11 is 0. The number of hydrogen-bond donors (Lipinski definition) is 2. The van der Waals surface area contributed by atoms with Gasteiger partial charge < -0.3 is 15.3 Å². The van der Waals surface area contributed by atoms with Gasteiger partial charge >= 0.3 is 5.97 Å². The lowest BCUT2D eigenvalue weighted by molar-refractivity contribution is -0.757. The number of aliphatic carboxylic acids is 1. The number of rotatable bonds is 9. The highest BCUT2D eigenvalue weighted by Crippen LogP contribution is 2.00. The monoisotopic (exact) mass is 234 g/mol. The van der Waals surface area contributed by atoms with Crippen molar-refractivity contribution in [1.82, 2.24) is 5.32 Å². The summed E-state index contributed by atoms with van der Waals surface area (Å²) in [7, 11) is 0. The molecule has 0 radical (unpaired) electrons. The number of amides is 1. The maximum absolute atomic E-state index is 11.0. The number of carboxylic acid groups (broad SMARTS) is 1. The van der Waals surface area contributed by atoms with Crippen LogP contribution in [0.25, 0.3) is 0 Å². The summed E-state index contributed by atoms with van der Waals surface area (Å²) in [5.41, 5.74) is 0. The standard InChI is InChI=1S/C8H14N2O6/c11-7(9-6-8(12)13)4-2-1-3-5-16-10(14)15/h1-6H2,(H,9,11)(H,12,13). The smallest absolute Gasteiger partial charge is 0.322 e. The summed E-state index contributed by atoms with van der Waals surface area (Å²) in [4.78, 5) is 34.9. The molecule has 0 saturated carbocycles. The first-order valence-corrected chi connectivity index (χ1v) is 4.78. The zero-order chi connectivity index (χ0) is 12.4.